The van der Waals surface area contributed by atoms with Crippen LogP contribution < -0.4 is 10.2 Å². The van der Waals surface area contributed by atoms with Crippen LogP contribution in [0, 0.1) is 0 Å². The smallest absolute Gasteiger partial charge is 0.247 e. The molecule has 0 radical (unpaired) electrons. The van der Waals surface area contributed by atoms with Crippen molar-refractivity contribution in [3.05, 3.63) is 72.6 Å². The zero-order chi connectivity index (χ0) is 21.5. The second-order valence-electron chi connectivity index (χ2n) is 7.34. The van der Waals surface area contributed by atoms with E-state index in [9.17, 15) is 9.59 Å². The Bertz CT molecular complexity index is 1040. The molecule has 0 aliphatic heterocycles. The number of hydrogen-bond acceptors (Lipinski definition) is 3. The van der Waals surface area contributed by atoms with Gasteiger partial charge >= 0.3 is 0 Å². The summed E-state index contributed by atoms with van der Waals surface area (Å²) < 4.78 is 1.96. The molecule has 1 heterocycles. The van der Waals surface area contributed by atoms with Crippen LogP contribution in [0.3, 0.4) is 0 Å². The molecule has 0 spiro atoms. The summed E-state index contributed by atoms with van der Waals surface area (Å²) in [4.78, 5) is 31.5. The summed E-state index contributed by atoms with van der Waals surface area (Å²) in [5.41, 5.74) is 2.63. The first-order chi connectivity index (χ1) is 14.5. The predicted molar refractivity (Wildman–Crippen MR) is 120 cm³/mol. The van der Waals surface area contributed by atoms with E-state index in [0.29, 0.717) is 13.0 Å². The number of hydrogen-bond donors (Lipinski definition) is 1. The van der Waals surface area contributed by atoms with E-state index in [4.69, 9.17) is 4.98 Å². The number of nitrogens with zero attached hydrogens (tertiary/aromatic N) is 3. The SMILES string of the molecule is C/C=C/C(=O)NCCc1nc2ccccc2n1CC(=O)N(c1ccccc1)C(C)C. The number of benzene rings is 2. The molecule has 2 amide bonds. The van der Waals surface area contributed by atoms with E-state index in [-0.39, 0.29) is 24.4 Å². The van der Waals surface area contributed by atoms with E-state index in [1.165, 1.54) is 6.08 Å². The molecular formula is C24H28N4O2. The van der Waals surface area contributed by atoms with Gasteiger partial charge in [-0.15, -0.1) is 0 Å². The van der Waals surface area contributed by atoms with E-state index < -0.39 is 0 Å². The molecule has 30 heavy (non-hydrogen) atoms. The first-order valence-corrected chi connectivity index (χ1v) is 10.2. The van der Waals surface area contributed by atoms with Crippen molar-refractivity contribution in [2.24, 2.45) is 0 Å². The minimum atomic E-state index is -0.133. The number of allylic oxidation sites excluding steroid dienone is 1. The fraction of sp³-hybridized carbons (Fsp3) is 0.292. The summed E-state index contributed by atoms with van der Waals surface area (Å²) in [5.74, 6) is 0.645. The molecule has 0 aliphatic rings. The highest BCUT2D eigenvalue weighted by atomic mass is 16.2. The van der Waals surface area contributed by atoms with Gasteiger partial charge in [-0.2, -0.15) is 0 Å². The van der Waals surface area contributed by atoms with Crippen LogP contribution in [0.15, 0.2) is 66.7 Å². The van der Waals surface area contributed by atoms with Crippen LogP contribution in [0.4, 0.5) is 5.69 Å². The molecule has 1 aromatic heterocycles. The van der Waals surface area contributed by atoms with Gasteiger partial charge < -0.3 is 14.8 Å². The van der Waals surface area contributed by atoms with E-state index in [2.05, 4.69) is 5.32 Å². The molecule has 0 bridgehead atoms. The summed E-state index contributed by atoms with van der Waals surface area (Å²) >= 11 is 0. The third-order valence-corrected chi connectivity index (χ3v) is 4.81. The van der Waals surface area contributed by atoms with Gasteiger partial charge in [0.1, 0.15) is 12.4 Å². The maximum atomic E-state index is 13.3. The molecule has 0 unspecified atom stereocenters. The van der Waals surface area contributed by atoms with E-state index >= 15 is 0 Å². The molecule has 0 aliphatic carbocycles. The van der Waals surface area contributed by atoms with Crippen LogP contribution >= 0.6 is 0 Å². The van der Waals surface area contributed by atoms with Gasteiger partial charge in [-0.25, -0.2) is 4.98 Å². The Labute approximate surface area is 177 Å². The van der Waals surface area contributed by atoms with Gasteiger partial charge in [0.15, 0.2) is 0 Å². The minimum absolute atomic E-state index is 0.00134. The van der Waals surface area contributed by atoms with Crippen molar-refractivity contribution in [1.29, 1.82) is 0 Å². The monoisotopic (exact) mass is 404 g/mol. The maximum Gasteiger partial charge on any atom is 0.247 e. The first kappa shape index (κ1) is 21.3. The number of rotatable bonds is 8. The third kappa shape index (κ3) is 4.95. The molecule has 0 saturated carbocycles. The number of aromatic nitrogens is 2. The largest absolute Gasteiger partial charge is 0.352 e. The van der Waals surface area contributed by atoms with Crippen molar-refractivity contribution < 1.29 is 9.59 Å². The van der Waals surface area contributed by atoms with Crippen molar-refractivity contribution in [2.45, 2.75) is 39.8 Å². The quantitative estimate of drug-likeness (QED) is 0.582. The second-order valence-corrected chi connectivity index (χ2v) is 7.34. The number of amides is 2. The van der Waals surface area contributed by atoms with E-state index in [1.807, 2.05) is 77.9 Å². The molecule has 6 heteroatoms. The highest BCUT2D eigenvalue weighted by molar-refractivity contribution is 5.94. The minimum Gasteiger partial charge on any atom is -0.352 e. The van der Waals surface area contributed by atoms with Gasteiger partial charge in [0, 0.05) is 24.7 Å². The fourth-order valence-electron chi connectivity index (χ4n) is 3.53. The Morgan fingerprint density at radius 3 is 2.50 bits per heavy atom. The summed E-state index contributed by atoms with van der Waals surface area (Å²) in [6.07, 6.45) is 3.73. The lowest BCUT2D eigenvalue weighted by atomic mass is 10.2. The Kier molecular flexibility index (Phi) is 7.01. The molecule has 0 saturated heterocycles. The van der Waals surface area contributed by atoms with E-state index in [0.717, 1.165) is 22.5 Å². The Morgan fingerprint density at radius 2 is 1.80 bits per heavy atom. The average Bonchev–Trinajstić information content (AvgIpc) is 3.06. The summed E-state index contributed by atoms with van der Waals surface area (Å²) in [5, 5.41) is 2.85. The second kappa shape index (κ2) is 9.87. The van der Waals surface area contributed by atoms with Gasteiger partial charge in [-0.3, -0.25) is 9.59 Å². The predicted octanol–water partition coefficient (Wildman–Crippen LogP) is 3.71. The maximum absolute atomic E-state index is 13.3. The summed E-state index contributed by atoms with van der Waals surface area (Å²) in [6.45, 7) is 6.46. The average molecular weight is 405 g/mol. The Balaban J connectivity index is 1.86. The number of nitrogens with one attached hydrogen (secondary N) is 1. The van der Waals surface area contributed by atoms with Gasteiger partial charge in [-0.1, -0.05) is 36.4 Å². The highest BCUT2D eigenvalue weighted by Gasteiger charge is 2.21. The molecule has 3 rings (SSSR count). The van der Waals surface area contributed by atoms with Gasteiger partial charge in [0.25, 0.3) is 0 Å². The van der Waals surface area contributed by atoms with Crippen LogP contribution in [-0.4, -0.2) is 34.0 Å². The van der Waals surface area contributed by atoms with Crippen molar-refractivity contribution >= 4 is 28.5 Å². The van der Waals surface area contributed by atoms with Crippen LogP contribution in [-0.2, 0) is 22.6 Å². The zero-order valence-corrected chi connectivity index (χ0v) is 17.7. The number of carbonyl (C=O) groups is 2. The highest BCUT2D eigenvalue weighted by Crippen LogP contribution is 2.20. The van der Waals surface area contributed by atoms with Crippen molar-refractivity contribution in [2.75, 3.05) is 11.4 Å². The van der Waals surface area contributed by atoms with Gasteiger partial charge in [-0.05, 0) is 51.1 Å². The van der Waals surface area contributed by atoms with Crippen molar-refractivity contribution in [3.63, 3.8) is 0 Å². The molecule has 0 atom stereocenters. The zero-order valence-electron chi connectivity index (χ0n) is 17.7. The number of para-hydroxylation sites is 3. The van der Waals surface area contributed by atoms with E-state index in [1.54, 1.807) is 13.0 Å². The summed E-state index contributed by atoms with van der Waals surface area (Å²) in [7, 11) is 0. The van der Waals surface area contributed by atoms with Crippen molar-refractivity contribution in [3.8, 4) is 0 Å². The summed E-state index contributed by atoms with van der Waals surface area (Å²) in [6, 6.07) is 17.5. The molecule has 6 nitrogen and oxygen atoms in total. The molecule has 3 aromatic rings. The molecule has 1 N–H and O–H groups in total. The molecule has 2 aromatic carbocycles. The molecule has 156 valence electrons. The Hall–Kier alpha value is -3.41. The van der Waals surface area contributed by atoms with Gasteiger partial charge in [0.2, 0.25) is 11.8 Å². The fourth-order valence-corrected chi connectivity index (χ4v) is 3.53. The van der Waals surface area contributed by atoms with Crippen LogP contribution in [0.1, 0.15) is 26.6 Å². The third-order valence-electron chi connectivity index (χ3n) is 4.81. The first-order valence-electron chi connectivity index (χ1n) is 10.2. The molecular weight excluding hydrogens is 376 g/mol. The number of imidazole rings is 1. The standard InChI is InChI=1S/C24H28N4O2/c1-4-10-23(29)25-16-15-22-26-20-13-8-9-14-21(20)27(22)17-24(30)28(18(2)3)19-11-6-5-7-12-19/h4-14,18H,15-17H2,1-3H3,(H,25,29)/b10-4+. The lowest BCUT2D eigenvalue weighted by Gasteiger charge is -2.27. The van der Waals surface area contributed by atoms with Crippen LogP contribution in [0.25, 0.3) is 11.0 Å². The van der Waals surface area contributed by atoms with Gasteiger partial charge in [0.05, 0.1) is 11.0 Å². The lowest BCUT2D eigenvalue weighted by Crippen LogP contribution is -2.39. The number of anilines is 1. The Morgan fingerprint density at radius 1 is 1.10 bits per heavy atom. The van der Waals surface area contributed by atoms with Crippen LogP contribution in [0.2, 0.25) is 0 Å². The number of carbonyl (C=O) groups excluding carboxylic acids is 2. The van der Waals surface area contributed by atoms with Crippen molar-refractivity contribution in [1.82, 2.24) is 14.9 Å². The lowest BCUT2D eigenvalue weighted by molar-refractivity contribution is -0.119. The normalized spacial score (nSPS) is 11.3. The number of fused-ring (bicyclic) bond motifs is 1. The topological polar surface area (TPSA) is 67.2 Å². The molecule has 0 fully saturated rings. The van der Waals surface area contributed by atoms with Crippen LogP contribution in [0.5, 0.6) is 0 Å².